The minimum atomic E-state index is -1.04. The zero-order valence-corrected chi connectivity index (χ0v) is 9.18. The first-order chi connectivity index (χ1) is 6.91. The van der Waals surface area contributed by atoms with Crippen LogP contribution >= 0.6 is 11.6 Å². The molecule has 3 N–H and O–H groups in total. The number of hydrogen-bond acceptors (Lipinski definition) is 2. The molecule has 2 amide bonds. The highest BCUT2D eigenvalue weighted by atomic mass is 35.5. The van der Waals surface area contributed by atoms with Gasteiger partial charge in [-0.3, -0.25) is 9.59 Å². The monoisotopic (exact) mass is 226 g/mol. The van der Waals surface area contributed by atoms with Crippen LogP contribution in [0.25, 0.3) is 0 Å². The number of nitrogens with two attached hydrogens (primary N) is 1. The summed E-state index contributed by atoms with van der Waals surface area (Å²) in [6.45, 7) is 3.67. The van der Waals surface area contributed by atoms with Gasteiger partial charge in [0.05, 0.1) is 10.7 Å². The summed E-state index contributed by atoms with van der Waals surface area (Å²) in [4.78, 5) is 21.6. The number of rotatable bonds is 1. The van der Waals surface area contributed by atoms with Crippen LogP contribution in [0, 0.1) is 13.8 Å². The fourth-order valence-electron chi connectivity index (χ4n) is 1.25. The molecule has 5 heteroatoms. The lowest BCUT2D eigenvalue weighted by Gasteiger charge is -2.09. The molecule has 1 rings (SSSR count). The molecular weight excluding hydrogens is 216 g/mol. The largest absolute Gasteiger partial charge is 0.361 e. The second kappa shape index (κ2) is 4.31. The number of hydrogen-bond donors (Lipinski definition) is 2. The number of aryl methyl sites for hydroxylation is 2. The Morgan fingerprint density at radius 3 is 2.40 bits per heavy atom. The van der Waals surface area contributed by atoms with Gasteiger partial charge in [0.1, 0.15) is 0 Å². The molecule has 4 nitrogen and oxygen atoms in total. The van der Waals surface area contributed by atoms with Gasteiger partial charge in [-0.05, 0) is 31.0 Å². The maximum atomic E-state index is 11.1. The van der Waals surface area contributed by atoms with Crippen molar-refractivity contribution in [2.24, 2.45) is 5.73 Å². The van der Waals surface area contributed by atoms with Gasteiger partial charge in [-0.1, -0.05) is 17.7 Å². The molecule has 0 heterocycles. The van der Waals surface area contributed by atoms with E-state index in [1.54, 1.807) is 13.0 Å². The van der Waals surface area contributed by atoms with E-state index in [1.807, 2.05) is 13.0 Å². The van der Waals surface area contributed by atoms with E-state index >= 15 is 0 Å². The van der Waals surface area contributed by atoms with Crippen molar-refractivity contribution in [3.63, 3.8) is 0 Å². The molecule has 0 saturated carbocycles. The smallest absolute Gasteiger partial charge is 0.313 e. The lowest BCUT2D eigenvalue weighted by molar-refractivity contribution is -0.134. The second-order valence-electron chi connectivity index (χ2n) is 3.26. The number of carbonyl (C=O) groups excluding carboxylic acids is 2. The third-order valence-corrected chi connectivity index (χ3v) is 2.19. The van der Waals surface area contributed by atoms with Crippen molar-refractivity contribution >= 4 is 29.1 Å². The van der Waals surface area contributed by atoms with E-state index in [4.69, 9.17) is 17.3 Å². The Balaban J connectivity index is 3.05. The van der Waals surface area contributed by atoms with E-state index < -0.39 is 11.8 Å². The summed E-state index contributed by atoms with van der Waals surface area (Å²) in [5.41, 5.74) is 7.01. The van der Waals surface area contributed by atoms with Gasteiger partial charge in [-0.2, -0.15) is 0 Å². The number of nitrogens with one attached hydrogen (secondary N) is 1. The number of primary amides is 1. The van der Waals surface area contributed by atoms with E-state index in [9.17, 15) is 9.59 Å². The van der Waals surface area contributed by atoms with Gasteiger partial charge in [0, 0.05) is 0 Å². The van der Waals surface area contributed by atoms with Crippen molar-refractivity contribution in [1.29, 1.82) is 0 Å². The summed E-state index contributed by atoms with van der Waals surface area (Å²) in [7, 11) is 0. The van der Waals surface area contributed by atoms with Crippen LogP contribution in [0.15, 0.2) is 12.1 Å². The molecule has 0 aliphatic rings. The molecule has 0 atom stereocenters. The summed E-state index contributed by atoms with van der Waals surface area (Å²) >= 11 is 5.92. The van der Waals surface area contributed by atoms with Gasteiger partial charge in [-0.25, -0.2) is 0 Å². The minimum Gasteiger partial charge on any atom is -0.361 e. The van der Waals surface area contributed by atoms with E-state index in [0.717, 1.165) is 11.1 Å². The Labute approximate surface area is 92.4 Å². The van der Waals surface area contributed by atoms with Gasteiger partial charge in [0.15, 0.2) is 0 Å². The van der Waals surface area contributed by atoms with Gasteiger partial charge >= 0.3 is 11.8 Å². The quantitative estimate of drug-likeness (QED) is 0.710. The van der Waals surface area contributed by atoms with E-state index in [0.29, 0.717) is 10.7 Å². The van der Waals surface area contributed by atoms with Crippen molar-refractivity contribution < 1.29 is 9.59 Å². The molecule has 80 valence electrons. The van der Waals surface area contributed by atoms with Crippen molar-refractivity contribution in [2.75, 3.05) is 5.32 Å². The van der Waals surface area contributed by atoms with Crippen molar-refractivity contribution in [2.45, 2.75) is 13.8 Å². The summed E-state index contributed by atoms with van der Waals surface area (Å²) < 4.78 is 0. The van der Waals surface area contributed by atoms with Crippen LogP contribution < -0.4 is 11.1 Å². The summed E-state index contributed by atoms with van der Waals surface area (Å²) in [5.74, 6) is -1.91. The van der Waals surface area contributed by atoms with Crippen LogP contribution in [0.2, 0.25) is 5.02 Å². The first kappa shape index (κ1) is 11.5. The minimum absolute atomic E-state index is 0.391. The molecule has 0 aliphatic carbocycles. The summed E-state index contributed by atoms with van der Waals surface area (Å²) in [5, 5.41) is 2.75. The fourth-order valence-corrected chi connectivity index (χ4v) is 1.62. The zero-order chi connectivity index (χ0) is 11.6. The average Bonchev–Trinajstić information content (AvgIpc) is 2.10. The van der Waals surface area contributed by atoms with Crippen molar-refractivity contribution in [3.05, 3.63) is 28.3 Å². The molecule has 0 saturated heterocycles. The fraction of sp³-hybridized carbons (Fsp3) is 0.200. The molecule has 0 bridgehead atoms. The molecule has 0 aliphatic heterocycles. The lowest BCUT2D eigenvalue weighted by Crippen LogP contribution is -2.29. The molecule has 1 aromatic rings. The molecule has 0 aromatic heterocycles. The number of amides is 2. The zero-order valence-electron chi connectivity index (χ0n) is 8.43. The highest BCUT2D eigenvalue weighted by Gasteiger charge is 2.13. The summed E-state index contributed by atoms with van der Waals surface area (Å²) in [6, 6.07) is 3.55. The Bertz CT molecular complexity index is 406. The molecule has 1 aromatic carbocycles. The second-order valence-corrected chi connectivity index (χ2v) is 3.66. The van der Waals surface area contributed by atoms with Crippen molar-refractivity contribution in [1.82, 2.24) is 0 Å². The van der Waals surface area contributed by atoms with Gasteiger partial charge in [-0.15, -0.1) is 0 Å². The third kappa shape index (κ3) is 2.70. The first-order valence-electron chi connectivity index (χ1n) is 4.29. The maximum Gasteiger partial charge on any atom is 0.313 e. The number of benzene rings is 1. The Morgan fingerprint density at radius 1 is 1.33 bits per heavy atom. The topological polar surface area (TPSA) is 72.2 Å². The van der Waals surface area contributed by atoms with Crippen LogP contribution in [0.5, 0.6) is 0 Å². The molecule has 0 spiro atoms. The molecule has 15 heavy (non-hydrogen) atoms. The average molecular weight is 227 g/mol. The first-order valence-corrected chi connectivity index (χ1v) is 4.67. The van der Waals surface area contributed by atoms with Crippen LogP contribution in [-0.2, 0) is 9.59 Å². The molecule has 0 unspecified atom stereocenters. The van der Waals surface area contributed by atoms with E-state index in [1.165, 1.54) is 0 Å². The van der Waals surface area contributed by atoms with Crippen LogP contribution in [0.3, 0.4) is 0 Å². The predicted octanol–water partition coefficient (Wildman–Crippen LogP) is 1.38. The van der Waals surface area contributed by atoms with Crippen LogP contribution in [0.1, 0.15) is 11.1 Å². The standard InChI is InChI=1S/C10H11ClN2O2/c1-5-3-6(2)8(7(11)4-5)13-10(15)9(12)14/h3-4H,1-2H3,(H2,12,14)(H,13,15). The Hall–Kier alpha value is -1.55. The van der Waals surface area contributed by atoms with Gasteiger partial charge in [0.25, 0.3) is 0 Å². The summed E-state index contributed by atoms with van der Waals surface area (Å²) in [6.07, 6.45) is 0. The van der Waals surface area contributed by atoms with Crippen molar-refractivity contribution in [3.8, 4) is 0 Å². The maximum absolute atomic E-state index is 11.1. The molecule has 0 radical (unpaired) electrons. The Morgan fingerprint density at radius 2 is 1.93 bits per heavy atom. The predicted molar refractivity (Wildman–Crippen MR) is 58.8 cm³/mol. The highest BCUT2D eigenvalue weighted by Crippen LogP contribution is 2.27. The number of carbonyl (C=O) groups is 2. The Kier molecular flexibility index (Phi) is 3.31. The van der Waals surface area contributed by atoms with Gasteiger partial charge < -0.3 is 11.1 Å². The highest BCUT2D eigenvalue weighted by molar-refractivity contribution is 6.41. The lowest BCUT2D eigenvalue weighted by atomic mass is 10.1. The van der Waals surface area contributed by atoms with E-state index in [2.05, 4.69) is 5.32 Å². The van der Waals surface area contributed by atoms with E-state index in [-0.39, 0.29) is 0 Å². The SMILES string of the molecule is Cc1cc(C)c(NC(=O)C(N)=O)c(Cl)c1. The van der Waals surface area contributed by atoms with Crippen LogP contribution in [-0.4, -0.2) is 11.8 Å². The molecular formula is C10H11ClN2O2. The number of halogens is 1. The van der Waals surface area contributed by atoms with Gasteiger partial charge in [0.2, 0.25) is 0 Å². The normalized spacial score (nSPS) is 9.80. The molecule has 0 fully saturated rings. The third-order valence-electron chi connectivity index (χ3n) is 1.89. The van der Waals surface area contributed by atoms with Crippen LogP contribution in [0.4, 0.5) is 5.69 Å². The number of anilines is 1.